The lowest BCUT2D eigenvalue weighted by molar-refractivity contribution is -0.167. The van der Waals surface area contributed by atoms with E-state index in [-0.39, 0.29) is 31.1 Å². The molecule has 0 N–H and O–H groups in total. The largest absolute Gasteiger partial charge is 0.462 e. The number of hydrogen-bond donors (Lipinski definition) is 0. The zero-order chi connectivity index (χ0) is 57.8. The van der Waals surface area contributed by atoms with Gasteiger partial charge < -0.3 is 14.2 Å². The molecular formula is C74H138O6. The number of carbonyl (C=O) groups is 3. The van der Waals surface area contributed by atoms with Gasteiger partial charge in [0, 0.05) is 19.3 Å². The average Bonchev–Trinajstić information content (AvgIpc) is 3.46. The number of esters is 3. The van der Waals surface area contributed by atoms with Crippen LogP contribution in [0.1, 0.15) is 400 Å². The summed E-state index contributed by atoms with van der Waals surface area (Å²) in [5.41, 5.74) is 0. The van der Waals surface area contributed by atoms with Crippen LogP contribution in [0.2, 0.25) is 0 Å². The topological polar surface area (TPSA) is 78.9 Å². The number of unbranched alkanes of at least 4 members (excludes halogenated alkanes) is 50. The molecule has 0 aromatic heterocycles. The molecule has 80 heavy (non-hydrogen) atoms. The number of carbonyl (C=O) groups excluding carboxylic acids is 3. The molecule has 0 aromatic carbocycles. The lowest BCUT2D eigenvalue weighted by Crippen LogP contribution is -2.30. The fourth-order valence-corrected chi connectivity index (χ4v) is 10.9. The highest BCUT2D eigenvalue weighted by Gasteiger charge is 2.19. The van der Waals surface area contributed by atoms with Gasteiger partial charge in [0.2, 0.25) is 0 Å². The van der Waals surface area contributed by atoms with Gasteiger partial charge in [0.1, 0.15) is 13.2 Å². The Hall–Kier alpha value is -2.37. The fourth-order valence-electron chi connectivity index (χ4n) is 10.9. The Labute approximate surface area is 499 Å². The van der Waals surface area contributed by atoms with Gasteiger partial charge in [-0.25, -0.2) is 0 Å². The smallest absolute Gasteiger partial charge is 0.306 e. The molecule has 0 fully saturated rings. The summed E-state index contributed by atoms with van der Waals surface area (Å²) < 4.78 is 16.9. The molecule has 6 nitrogen and oxygen atoms in total. The van der Waals surface area contributed by atoms with Gasteiger partial charge in [0.25, 0.3) is 0 Å². The van der Waals surface area contributed by atoms with E-state index in [0.29, 0.717) is 19.3 Å². The predicted octanol–water partition coefficient (Wildman–Crippen LogP) is 24.7. The number of ether oxygens (including phenoxy) is 3. The second kappa shape index (κ2) is 69.1. The Balaban J connectivity index is 4.10. The van der Waals surface area contributed by atoms with Crippen molar-refractivity contribution >= 4 is 17.9 Å². The minimum atomic E-state index is -0.778. The quantitative estimate of drug-likeness (QED) is 0.0261. The Morgan fingerprint density at radius 3 is 0.637 bits per heavy atom. The molecule has 0 aromatic rings. The van der Waals surface area contributed by atoms with E-state index in [1.807, 2.05) is 0 Å². The highest BCUT2D eigenvalue weighted by Crippen LogP contribution is 2.18. The van der Waals surface area contributed by atoms with Crippen molar-refractivity contribution in [1.82, 2.24) is 0 Å². The molecule has 0 rings (SSSR count). The minimum Gasteiger partial charge on any atom is -0.462 e. The van der Waals surface area contributed by atoms with Crippen LogP contribution in [-0.4, -0.2) is 37.2 Å². The zero-order valence-corrected chi connectivity index (χ0v) is 54.1. The van der Waals surface area contributed by atoms with Crippen molar-refractivity contribution in [3.05, 3.63) is 36.5 Å². The molecule has 0 saturated carbocycles. The summed E-state index contributed by atoms with van der Waals surface area (Å²) in [5.74, 6) is -0.866. The normalized spacial score (nSPS) is 12.2. The van der Waals surface area contributed by atoms with E-state index in [9.17, 15) is 14.4 Å². The molecule has 0 aliphatic heterocycles. The van der Waals surface area contributed by atoms with Crippen LogP contribution in [0.3, 0.4) is 0 Å². The van der Waals surface area contributed by atoms with Gasteiger partial charge in [-0.1, -0.05) is 320 Å². The first-order valence-corrected chi connectivity index (χ1v) is 36.0. The second-order valence-electron chi connectivity index (χ2n) is 24.5. The minimum absolute atomic E-state index is 0.0736. The van der Waals surface area contributed by atoms with Crippen molar-refractivity contribution < 1.29 is 28.6 Å². The van der Waals surface area contributed by atoms with Gasteiger partial charge in [-0.15, -0.1) is 0 Å². The van der Waals surface area contributed by atoms with Gasteiger partial charge >= 0.3 is 17.9 Å². The van der Waals surface area contributed by atoms with Crippen molar-refractivity contribution in [2.75, 3.05) is 13.2 Å². The third-order valence-electron chi connectivity index (χ3n) is 16.3. The maximum Gasteiger partial charge on any atom is 0.306 e. The maximum atomic E-state index is 12.9. The van der Waals surface area contributed by atoms with Crippen LogP contribution in [0.5, 0.6) is 0 Å². The van der Waals surface area contributed by atoms with Gasteiger partial charge in [0.15, 0.2) is 6.10 Å². The third-order valence-corrected chi connectivity index (χ3v) is 16.3. The van der Waals surface area contributed by atoms with E-state index >= 15 is 0 Å². The molecule has 0 spiro atoms. The first kappa shape index (κ1) is 77.6. The fraction of sp³-hybridized carbons (Fsp3) is 0.878. The van der Waals surface area contributed by atoms with Gasteiger partial charge in [-0.3, -0.25) is 14.4 Å². The summed E-state index contributed by atoms with van der Waals surface area (Å²) in [5, 5.41) is 0. The lowest BCUT2D eigenvalue weighted by atomic mass is 10.0. The van der Waals surface area contributed by atoms with Crippen LogP contribution in [0.4, 0.5) is 0 Å². The number of allylic oxidation sites excluding steroid dienone is 6. The van der Waals surface area contributed by atoms with E-state index in [1.165, 1.54) is 289 Å². The summed E-state index contributed by atoms with van der Waals surface area (Å²) in [6, 6.07) is 0. The molecule has 1 unspecified atom stereocenters. The van der Waals surface area contributed by atoms with Crippen LogP contribution < -0.4 is 0 Å². The predicted molar refractivity (Wildman–Crippen MR) is 349 cm³/mol. The summed E-state index contributed by atoms with van der Waals surface area (Å²) in [6.07, 6.45) is 86.2. The average molecular weight is 1120 g/mol. The van der Waals surface area contributed by atoms with E-state index in [1.54, 1.807) is 0 Å². The van der Waals surface area contributed by atoms with Gasteiger partial charge in [0.05, 0.1) is 0 Å². The molecule has 0 heterocycles. The Morgan fingerprint density at radius 1 is 0.237 bits per heavy atom. The van der Waals surface area contributed by atoms with E-state index in [4.69, 9.17) is 14.2 Å². The second-order valence-corrected chi connectivity index (χ2v) is 24.5. The SMILES string of the molecule is CCCCCC/C=C\CCCCCCCC(=O)OCC(COC(=O)CCCCCCCCCCCCCCCCCCCCCCC/C=C\CCCCCCCCCC)OC(=O)CCCCCCC/C=C\CCCCCCCCC. The van der Waals surface area contributed by atoms with Gasteiger partial charge in [-0.2, -0.15) is 0 Å². The Kier molecular flexibility index (Phi) is 67.1. The van der Waals surface area contributed by atoms with Crippen LogP contribution in [-0.2, 0) is 28.6 Å². The van der Waals surface area contributed by atoms with E-state index < -0.39 is 6.10 Å². The van der Waals surface area contributed by atoms with Crippen LogP contribution >= 0.6 is 0 Å². The van der Waals surface area contributed by atoms with Crippen molar-refractivity contribution in [3.63, 3.8) is 0 Å². The van der Waals surface area contributed by atoms with E-state index in [0.717, 1.165) is 70.6 Å². The first-order valence-electron chi connectivity index (χ1n) is 36.0. The molecule has 0 bridgehead atoms. The van der Waals surface area contributed by atoms with Crippen LogP contribution in [0, 0.1) is 0 Å². The Morgan fingerprint density at radius 2 is 0.412 bits per heavy atom. The van der Waals surface area contributed by atoms with Gasteiger partial charge in [-0.05, 0) is 96.3 Å². The molecule has 470 valence electrons. The molecule has 0 saturated heterocycles. The summed E-state index contributed by atoms with van der Waals surface area (Å²) >= 11 is 0. The highest BCUT2D eigenvalue weighted by atomic mass is 16.6. The zero-order valence-electron chi connectivity index (χ0n) is 54.1. The molecule has 1 atom stereocenters. The molecule has 0 radical (unpaired) electrons. The molecular weight excluding hydrogens is 985 g/mol. The molecule has 0 aliphatic rings. The third kappa shape index (κ3) is 66.4. The molecule has 0 amide bonds. The van der Waals surface area contributed by atoms with Crippen LogP contribution in [0.25, 0.3) is 0 Å². The molecule has 0 aliphatic carbocycles. The van der Waals surface area contributed by atoms with E-state index in [2.05, 4.69) is 57.2 Å². The van der Waals surface area contributed by atoms with Crippen molar-refractivity contribution in [2.24, 2.45) is 0 Å². The number of rotatable bonds is 67. The standard InChI is InChI=1S/C74H138O6/c1-4-7-10-13-16-19-22-25-27-29-30-31-32-33-34-35-36-37-38-39-40-41-42-43-44-45-47-49-52-55-58-61-64-67-73(76)79-70-71(69-78-72(75)66-63-60-57-54-51-48-24-21-18-15-12-9-6-3)80-74(77)68-65-62-59-56-53-50-46-28-26-23-20-17-14-11-8-5-2/h21,24,28-30,46,71H,4-20,22-23,25-27,31-45,47-70H2,1-3H3/b24-21-,30-29-,46-28-. The summed E-state index contributed by atoms with van der Waals surface area (Å²) in [7, 11) is 0. The highest BCUT2D eigenvalue weighted by molar-refractivity contribution is 5.71. The van der Waals surface area contributed by atoms with Crippen molar-refractivity contribution in [1.29, 1.82) is 0 Å². The molecule has 6 heteroatoms. The first-order chi connectivity index (χ1) is 39.5. The lowest BCUT2D eigenvalue weighted by Gasteiger charge is -2.18. The van der Waals surface area contributed by atoms with Crippen LogP contribution in [0.15, 0.2) is 36.5 Å². The van der Waals surface area contributed by atoms with Crippen molar-refractivity contribution in [2.45, 2.75) is 406 Å². The Bertz CT molecular complexity index is 1340. The number of hydrogen-bond acceptors (Lipinski definition) is 6. The maximum absolute atomic E-state index is 12.9. The summed E-state index contributed by atoms with van der Waals surface area (Å²) in [6.45, 7) is 6.67. The summed E-state index contributed by atoms with van der Waals surface area (Å²) in [4.78, 5) is 38.3. The van der Waals surface area contributed by atoms with Crippen molar-refractivity contribution in [3.8, 4) is 0 Å². The monoisotopic (exact) mass is 1120 g/mol.